The Morgan fingerprint density at radius 3 is 2.43 bits per heavy atom. The number of nitrogens with zero attached hydrogens (tertiary/aromatic N) is 4. The van der Waals surface area contributed by atoms with Crippen LogP contribution in [0, 0.1) is 22.7 Å². The van der Waals surface area contributed by atoms with Gasteiger partial charge in [-0.05, 0) is 25.9 Å². The zero-order valence-electron chi connectivity index (χ0n) is 12.8. The van der Waals surface area contributed by atoms with E-state index in [1.54, 1.807) is 4.90 Å². The van der Waals surface area contributed by atoms with Crippen LogP contribution in [-0.2, 0) is 4.79 Å². The number of carbonyl (C=O) groups excluding carboxylic acids is 1. The molecule has 1 atom stereocenters. The number of likely N-dealkylation sites (N-methyl/N-ethyl adjacent to an activating group) is 1. The molecule has 6 nitrogen and oxygen atoms in total. The highest BCUT2D eigenvalue weighted by atomic mass is 16.2. The van der Waals surface area contributed by atoms with Crippen molar-refractivity contribution in [2.45, 2.75) is 38.6 Å². The predicted octanol–water partition coefficient (Wildman–Crippen LogP) is 0.716. The smallest absolute Gasteiger partial charge is 0.236 e. The van der Waals surface area contributed by atoms with Gasteiger partial charge in [0.25, 0.3) is 0 Å². The predicted molar refractivity (Wildman–Crippen MR) is 80.2 cm³/mol. The van der Waals surface area contributed by atoms with Crippen molar-refractivity contribution in [3.05, 3.63) is 0 Å². The summed E-state index contributed by atoms with van der Waals surface area (Å²) in [6.07, 6.45) is 2.99. The first-order chi connectivity index (χ1) is 10.2. The SMILES string of the molecule is CCN(CC(=O)N(CCC#N)CCC#N)CC1CCCN1. The van der Waals surface area contributed by atoms with E-state index in [1.807, 2.05) is 0 Å². The van der Waals surface area contributed by atoms with Crippen LogP contribution in [-0.4, -0.2) is 61.0 Å². The standard InChI is InChI=1S/C15H25N5O/c1-2-19(12-14-6-3-9-18-14)13-15(21)20(10-4-7-16)11-5-8-17/h14,18H,2-6,9-13H2,1H3. The van der Waals surface area contributed by atoms with E-state index in [9.17, 15) is 4.79 Å². The van der Waals surface area contributed by atoms with Gasteiger partial charge in [-0.2, -0.15) is 10.5 Å². The van der Waals surface area contributed by atoms with Crippen LogP contribution in [0.3, 0.4) is 0 Å². The third kappa shape index (κ3) is 6.57. The second kappa shape index (κ2) is 10.1. The molecule has 0 spiro atoms. The Morgan fingerprint density at radius 1 is 1.29 bits per heavy atom. The Hall–Kier alpha value is -1.63. The third-order valence-electron chi connectivity index (χ3n) is 3.79. The van der Waals surface area contributed by atoms with E-state index in [-0.39, 0.29) is 5.91 Å². The van der Waals surface area contributed by atoms with E-state index in [2.05, 4.69) is 29.3 Å². The van der Waals surface area contributed by atoms with Crippen LogP contribution < -0.4 is 5.32 Å². The lowest BCUT2D eigenvalue weighted by molar-refractivity contribution is -0.132. The van der Waals surface area contributed by atoms with Gasteiger partial charge in [0.1, 0.15) is 0 Å². The molecule has 0 aromatic carbocycles. The van der Waals surface area contributed by atoms with Crippen molar-refractivity contribution < 1.29 is 4.79 Å². The maximum atomic E-state index is 12.3. The maximum Gasteiger partial charge on any atom is 0.236 e. The van der Waals surface area contributed by atoms with Crippen LogP contribution in [0.2, 0.25) is 0 Å². The molecule has 1 saturated heterocycles. The maximum absolute atomic E-state index is 12.3. The average molecular weight is 291 g/mol. The van der Waals surface area contributed by atoms with Gasteiger partial charge < -0.3 is 10.2 Å². The molecule has 1 fully saturated rings. The number of rotatable bonds is 9. The lowest BCUT2D eigenvalue weighted by atomic mass is 10.2. The van der Waals surface area contributed by atoms with E-state index < -0.39 is 0 Å². The lowest BCUT2D eigenvalue weighted by Gasteiger charge is -2.27. The molecule has 0 aromatic heterocycles. The second-order valence-corrected chi connectivity index (χ2v) is 5.32. The van der Waals surface area contributed by atoms with Crippen molar-refractivity contribution in [3.63, 3.8) is 0 Å². The van der Waals surface area contributed by atoms with E-state index in [4.69, 9.17) is 10.5 Å². The minimum absolute atomic E-state index is 0.0142. The number of nitriles is 2. The summed E-state index contributed by atoms with van der Waals surface area (Å²) in [5.41, 5.74) is 0. The summed E-state index contributed by atoms with van der Waals surface area (Å²) in [5, 5.41) is 20.8. The van der Waals surface area contributed by atoms with Crippen LogP contribution >= 0.6 is 0 Å². The van der Waals surface area contributed by atoms with E-state index >= 15 is 0 Å². The van der Waals surface area contributed by atoms with Gasteiger partial charge in [0.15, 0.2) is 0 Å². The van der Waals surface area contributed by atoms with E-state index in [0.717, 1.165) is 26.1 Å². The number of hydrogen-bond donors (Lipinski definition) is 1. The molecule has 1 amide bonds. The van der Waals surface area contributed by atoms with E-state index in [1.165, 1.54) is 6.42 Å². The first kappa shape index (κ1) is 17.4. The molecular weight excluding hydrogens is 266 g/mol. The molecule has 0 saturated carbocycles. The zero-order valence-corrected chi connectivity index (χ0v) is 12.8. The fraction of sp³-hybridized carbons (Fsp3) is 0.800. The largest absolute Gasteiger partial charge is 0.340 e. The summed E-state index contributed by atoms with van der Waals surface area (Å²) in [6, 6.07) is 4.59. The normalized spacial score (nSPS) is 17.4. The molecule has 1 N–H and O–H groups in total. The highest BCUT2D eigenvalue weighted by molar-refractivity contribution is 5.78. The van der Waals surface area contributed by atoms with Crippen LogP contribution in [0.4, 0.5) is 0 Å². The average Bonchev–Trinajstić information content (AvgIpc) is 2.99. The third-order valence-corrected chi connectivity index (χ3v) is 3.79. The number of amides is 1. The summed E-state index contributed by atoms with van der Waals surface area (Å²) < 4.78 is 0. The summed E-state index contributed by atoms with van der Waals surface area (Å²) in [4.78, 5) is 16.1. The number of carbonyl (C=O) groups is 1. The zero-order chi connectivity index (χ0) is 15.5. The van der Waals surface area contributed by atoms with Gasteiger partial charge in [0, 0.05) is 25.7 Å². The Morgan fingerprint density at radius 2 is 1.95 bits per heavy atom. The number of hydrogen-bond acceptors (Lipinski definition) is 5. The van der Waals surface area contributed by atoms with Crippen molar-refractivity contribution in [1.82, 2.24) is 15.1 Å². The highest BCUT2D eigenvalue weighted by Crippen LogP contribution is 2.07. The quantitative estimate of drug-likeness (QED) is 0.676. The Kier molecular flexibility index (Phi) is 8.42. The molecule has 1 aliphatic rings. The Balaban J connectivity index is 2.47. The Labute approximate surface area is 127 Å². The summed E-state index contributed by atoms with van der Waals surface area (Å²) >= 11 is 0. The molecular formula is C15H25N5O. The fourth-order valence-electron chi connectivity index (χ4n) is 2.55. The monoisotopic (exact) mass is 291 g/mol. The summed E-state index contributed by atoms with van der Waals surface area (Å²) in [5.74, 6) is 0.0142. The van der Waals surface area contributed by atoms with Gasteiger partial charge in [-0.15, -0.1) is 0 Å². The molecule has 116 valence electrons. The molecule has 6 heteroatoms. The summed E-state index contributed by atoms with van der Waals surface area (Å²) in [7, 11) is 0. The topological polar surface area (TPSA) is 83.2 Å². The minimum atomic E-state index is 0.0142. The van der Waals surface area contributed by atoms with Gasteiger partial charge in [-0.3, -0.25) is 9.69 Å². The van der Waals surface area contributed by atoms with E-state index in [0.29, 0.717) is 38.5 Å². The first-order valence-corrected chi connectivity index (χ1v) is 7.68. The molecule has 0 radical (unpaired) electrons. The highest BCUT2D eigenvalue weighted by Gasteiger charge is 2.21. The lowest BCUT2D eigenvalue weighted by Crippen LogP contribution is -2.45. The van der Waals surface area contributed by atoms with Crippen molar-refractivity contribution in [2.75, 3.05) is 39.3 Å². The Bertz CT molecular complexity index is 374. The van der Waals surface area contributed by atoms with Crippen molar-refractivity contribution >= 4 is 5.91 Å². The first-order valence-electron chi connectivity index (χ1n) is 7.68. The molecule has 1 unspecified atom stereocenters. The van der Waals surface area contributed by atoms with Crippen LogP contribution in [0.5, 0.6) is 0 Å². The van der Waals surface area contributed by atoms with Crippen molar-refractivity contribution in [1.29, 1.82) is 10.5 Å². The number of nitrogens with one attached hydrogen (secondary N) is 1. The van der Waals surface area contributed by atoms with Gasteiger partial charge in [0.05, 0.1) is 31.5 Å². The molecule has 0 aliphatic carbocycles. The van der Waals surface area contributed by atoms with Crippen LogP contribution in [0.25, 0.3) is 0 Å². The van der Waals surface area contributed by atoms with Gasteiger partial charge in [0.2, 0.25) is 5.91 Å². The molecule has 0 bridgehead atoms. The minimum Gasteiger partial charge on any atom is -0.340 e. The second-order valence-electron chi connectivity index (χ2n) is 5.32. The fourth-order valence-corrected chi connectivity index (χ4v) is 2.55. The van der Waals surface area contributed by atoms with Crippen LogP contribution in [0.1, 0.15) is 32.6 Å². The molecule has 0 aromatic rings. The molecule has 1 rings (SSSR count). The molecule has 1 aliphatic heterocycles. The van der Waals surface area contributed by atoms with Gasteiger partial charge >= 0.3 is 0 Å². The van der Waals surface area contributed by atoms with Crippen molar-refractivity contribution in [3.8, 4) is 12.1 Å². The van der Waals surface area contributed by atoms with Crippen LogP contribution in [0.15, 0.2) is 0 Å². The molecule has 21 heavy (non-hydrogen) atoms. The summed E-state index contributed by atoms with van der Waals surface area (Å²) in [6.45, 7) is 6.02. The molecule has 1 heterocycles. The van der Waals surface area contributed by atoms with Crippen molar-refractivity contribution in [2.24, 2.45) is 0 Å². The van der Waals surface area contributed by atoms with Gasteiger partial charge in [-0.25, -0.2) is 0 Å². The van der Waals surface area contributed by atoms with Gasteiger partial charge in [-0.1, -0.05) is 6.92 Å².